The summed E-state index contributed by atoms with van der Waals surface area (Å²) in [6.07, 6.45) is 0.721. The van der Waals surface area contributed by atoms with Gasteiger partial charge in [0.05, 0.1) is 9.26 Å². The molecule has 4 heteroatoms. The van der Waals surface area contributed by atoms with E-state index in [1.807, 2.05) is 13.0 Å². The first-order valence-electron chi connectivity index (χ1n) is 5.30. The molecule has 17 heavy (non-hydrogen) atoms. The molecule has 0 N–H and O–H groups in total. The Labute approximate surface area is 120 Å². The zero-order chi connectivity index (χ0) is 12.4. The second-order valence-electron chi connectivity index (χ2n) is 4.00. The van der Waals surface area contributed by atoms with Gasteiger partial charge in [0.15, 0.2) is 0 Å². The lowest BCUT2D eigenvalue weighted by molar-refractivity contribution is 0.933. The SMILES string of the molecule is Cc1cccc(Cc2nc(C)c(I)c(Cl)n2)c1. The Morgan fingerprint density at radius 1 is 1.24 bits per heavy atom. The van der Waals surface area contributed by atoms with E-state index in [9.17, 15) is 0 Å². The largest absolute Gasteiger partial charge is 0.237 e. The first-order valence-corrected chi connectivity index (χ1v) is 6.76. The molecular formula is C13H12ClIN2. The highest BCUT2D eigenvalue weighted by Gasteiger charge is 2.07. The Balaban J connectivity index is 2.31. The van der Waals surface area contributed by atoms with Crippen LogP contribution in [0.15, 0.2) is 24.3 Å². The van der Waals surface area contributed by atoms with Crippen molar-refractivity contribution in [1.29, 1.82) is 0 Å². The van der Waals surface area contributed by atoms with Gasteiger partial charge in [-0.05, 0) is 42.0 Å². The molecular weight excluding hydrogens is 347 g/mol. The van der Waals surface area contributed by atoms with Crippen molar-refractivity contribution in [2.75, 3.05) is 0 Å². The van der Waals surface area contributed by atoms with Gasteiger partial charge in [0, 0.05) is 6.42 Å². The molecule has 0 atom stereocenters. The number of rotatable bonds is 2. The normalized spacial score (nSPS) is 10.6. The highest BCUT2D eigenvalue weighted by Crippen LogP contribution is 2.19. The van der Waals surface area contributed by atoms with E-state index >= 15 is 0 Å². The lowest BCUT2D eigenvalue weighted by Gasteiger charge is -2.05. The van der Waals surface area contributed by atoms with E-state index in [1.165, 1.54) is 11.1 Å². The van der Waals surface area contributed by atoms with E-state index < -0.39 is 0 Å². The van der Waals surface area contributed by atoms with Gasteiger partial charge >= 0.3 is 0 Å². The van der Waals surface area contributed by atoms with Crippen LogP contribution in [0.25, 0.3) is 0 Å². The third kappa shape index (κ3) is 3.16. The highest BCUT2D eigenvalue weighted by atomic mass is 127. The van der Waals surface area contributed by atoms with Crippen LogP contribution < -0.4 is 0 Å². The van der Waals surface area contributed by atoms with Gasteiger partial charge in [0.2, 0.25) is 0 Å². The van der Waals surface area contributed by atoms with Gasteiger partial charge in [0.1, 0.15) is 11.0 Å². The number of hydrogen-bond acceptors (Lipinski definition) is 2. The summed E-state index contributed by atoms with van der Waals surface area (Å²) >= 11 is 8.22. The number of halogens is 2. The summed E-state index contributed by atoms with van der Waals surface area (Å²) < 4.78 is 0.928. The van der Waals surface area contributed by atoms with Gasteiger partial charge in [-0.3, -0.25) is 0 Å². The van der Waals surface area contributed by atoms with Crippen LogP contribution in [0, 0.1) is 17.4 Å². The van der Waals surface area contributed by atoms with E-state index in [0.717, 1.165) is 21.5 Å². The van der Waals surface area contributed by atoms with E-state index in [1.54, 1.807) is 0 Å². The van der Waals surface area contributed by atoms with Crippen molar-refractivity contribution < 1.29 is 0 Å². The third-order valence-electron chi connectivity index (χ3n) is 2.47. The second kappa shape index (κ2) is 5.31. The fourth-order valence-corrected chi connectivity index (χ4v) is 2.14. The fraction of sp³-hybridized carbons (Fsp3) is 0.231. The first kappa shape index (κ1) is 12.8. The van der Waals surface area contributed by atoms with Crippen molar-refractivity contribution in [3.63, 3.8) is 0 Å². The number of nitrogens with zero attached hydrogens (tertiary/aromatic N) is 2. The van der Waals surface area contributed by atoms with Crippen molar-refractivity contribution in [2.24, 2.45) is 0 Å². The molecule has 0 fully saturated rings. The summed E-state index contributed by atoms with van der Waals surface area (Å²) in [5.41, 5.74) is 3.39. The Morgan fingerprint density at radius 3 is 2.65 bits per heavy atom. The Hall–Kier alpha value is -0.680. The topological polar surface area (TPSA) is 25.8 Å². The van der Waals surface area contributed by atoms with Gasteiger partial charge in [-0.25, -0.2) is 9.97 Å². The summed E-state index contributed by atoms with van der Waals surface area (Å²) in [7, 11) is 0. The molecule has 0 aliphatic carbocycles. The summed E-state index contributed by atoms with van der Waals surface area (Å²) in [5, 5.41) is 0.542. The maximum absolute atomic E-state index is 6.06. The van der Waals surface area contributed by atoms with Crippen molar-refractivity contribution in [3.8, 4) is 0 Å². The molecule has 88 valence electrons. The van der Waals surface area contributed by atoms with E-state index in [4.69, 9.17) is 11.6 Å². The molecule has 2 rings (SSSR count). The Kier molecular flexibility index (Phi) is 3.99. The molecule has 0 radical (unpaired) electrons. The van der Waals surface area contributed by atoms with Crippen LogP contribution in [0.4, 0.5) is 0 Å². The minimum atomic E-state index is 0.542. The van der Waals surface area contributed by atoms with Crippen molar-refractivity contribution in [2.45, 2.75) is 20.3 Å². The van der Waals surface area contributed by atoms with Crippen LogP contribution in [0.5, 0.6) is 0 Å². The quantitative estimate of drug-likeness (QED) is 0.600. The molecule has 0 spiro atoms. The summed E-state index contributed by atoms with van der Waals surface area (Å²) in [6.45, 7) is 4.03. The van der Waals surface area contributed by atoms with E-state index in [2.05, 4.69) is 57.7 Å². The number of aryl methyl sites for hydroxylation is 2. The average molecular weight is 359 g/mol. The van der Waals surface area contributed by atoms with Crippen molar-refractivity contribution in [3.05, 3.63) is 55.6 Å². The summed E-state index contributed by atoms with van der Waals surface area (Å²) in [6, 6.07) is 8.35. The van der Waals surface area contributed by atoms with Crippen molar-refractivity contribution in [1.82, 2.24) is 9.97 Å². The van der Waals surface area contributed by atoms with Gasteiger partial charge in [0.25, 0.3) is 0 Å². The number of aromatic nitrogens is 2. The van der Waals surface area contributed by atoms with Crippen LogP contribution >= 0.6 is 34.2 Å². The van der Waals surface area contributed by atoms with Crippen LogP contribution in [-0.2, 0) is 6.42 Å². The predicted octanol–water partition coefficient (Wildman–Crippen LogP) is 3.94. The Morgan fingerprint density at radius 2 is 2.00 bits per heavy atom. The molecule has 1 heterocycles. The first-order chi connectivity index (χ1) is 8.06. The predicted molar refractivity (Wildman–Crippen MR) is 78.5 cm³/mol. The van der Waals surface area contributed by atoms with Crippen LogP contribution in [0.3, 0.4) is 0 Å². The lowest BCUT2D eigenvalue weighted by atomic mass is 10.1. The van der Waals surface area contributed by atoms with Gasteiger partial charge in [-0.15, -0.1) is 0 Å². The molecule has 1 aromatic carbocycles. The lowest BCUT2D eigenvalue weighted by Crippen LogP contribution is -2.01. The van der Waals surface area contributed by atoms with Gasteiger partial charge < -0.3 is 0 Å². The monoisotopic (exact) mass is 358 g/mol. The van der Waals surface area contributed by atoms with Gasteiger partial charge in [-0.1, -0.05) is 41.4 Å². The second-order valence-corrected chi connectivity index (χ2v) is 5.43. The average Bonchev–Trinajstić information content (AvgIpc) is 2.26. The maximum Gasteiger partial charge on any atom is 0.146 e. The van der Waals surface area contributed by atoms with Gasteiger partial charge in [-0.2, -0.15) is 0 Å². The molecule has 2 aromatic rings. The standard InChI is InChI=1S/C13H12ClIN2/c1-8-4-3-5-10(6-8)7-11-16-9(2)12(15)13(14)17-11/h3-6H,7H2,1-2H3. The molecule has 2 nitrogen and oxygen atoms in total. The smallest absolute Gasteiger partial charge is 0.146 e. The molecule has 0 amide bonds. The zero-order valence-corrected chi connectivity index (χ0v) is 12.6. The summed E-state index contributed by atoms with van der Waals surface area (Å²) in [5.74, 6) is 0.776. The molecule has 0 bridgehead atoms. The van der Waals surface area contributed by atoms with E-state index in [-0.39, 0.29) is 0 Å². The minimum absolute atomic E-state index is 0.542. The molecule has 0 aliphatic rings. The highest BCUT2D eigenvalue weighted by molar-refractivity contribution is 14.1. The number of hydrogen-bond donors (Lipinski definition) is 0. The molecule has 0 aliphatic heterocycles. The van der Waals surface area contributed by atoms with Crippen LogP contribution in [-0.4, -0.2) is 9.97 Å². The third-order valence-corrected chi connectivity index (χ3v) is 4.35. The summed E-state index contributed by atoms with van der Waals surface area (Å²) in [4.78, 5) is 8.76. The fourth-order valence-electron chi connectivity index (χ4n) is 1.66. The Bertz CT molecular complexity index is 532. The number of benzene rings is 1. The zero-order valence-electron chi connectivity index (χ0n) is 9.67. The maximum atomic E-state index is 6.06. The molecule has 0 unspecified atom stereocenters. The van der Waals surface area contributed by atoms with Crippen LogP contribution in [0.2, 0.25) is 5.15 Å². The molecule has 0 saturated carbocycles. The van der Waals surface area contributed by atoms with Crippen LogP contribution in [0.1, 0.15) is 22.6 Å². The molecule has 0 saturated heterocycles. The van der Waals surface area contributed by atoms with E-state index in [0.29, 0.717) is 5.15 Å². The van der Waals surface area contributed by atoms with Crippen molar-refractivity contribution >= 4 is 34.2 Å². The minimum Gasteiger partial charge on any atom is -0.237 e. The molecule has 1 aromatic heterocycles.